The fourth-order valence-corrected chi connectivity index (χ4v) is 2.65. The molecule has 1 saturated heterocycles. The third-order valence-electron chi connectivity index (χ3n) is 5.53. The SMILES string of the molecule is CC.CC.CC1CC(=O)N(C)C1=O.CCC(=O)CC(C)C(=O)[O-].CNC(=O)C(C)CC(=O)[O-].NC(CC(=O)O)C(=O)O.NC(CC(=O)O)C(=O)O.[Na+].[OH-]. The second kappa shape index (κ2) is 40.7. The van der Waals surface area contributed by atoms with E-state index in [2.05, 4.69) is 5.32 Å². The molecule has 21 nitrogen and oxygen atoms in total. The zero-order valence-corrected chi connectivity index (χ0v) is 34.4. The molecule has 1 rings (SSSR count). The number of likely N-dealkylation sites (tertiary alicyclic amines) is 1. The summed E-state index contributed by atoms with van der Waals surface area (Å²) < 4.78 is 0. The first kappa shape index (κ1) is 67.1. The number of amides is 3. The number of hydrogen-bond acceptors (Lipinski definition) is 15. The van der Waals surface area contributed by atoms with Crippen LogP contribution in [-0.2, 0) is 47.9 Å². The first-order valence-electron chi connectivity index (χ1n) is 15.7. The maximum Gasteiger partial charge on any atom is 1.00 e. The molecule has 1 aliphatic heterocycles. The summed E-state index contributed by atoms with van der Waals surface area (Å²) in [5.41, 5.74) is 9.67. The Balaban J connectivity index is -0.0000000770. The van der Waals surface area contributed by atoms with E-state index < -0.39 is 72.6 Å². The summed E-state index contributed by atoms with van der Waals surface area (Å²) in [7, 11) is 2.99. The molecule has 0 aromatic carbocycles. The van der Waals surface area contributed by atoms with E-state index in [0.29, 0.717) is 12.8 Å². The Morgan fingerprint density at radius 1 is 0.792 bits per heavy atom. The maximum atomic E-state index is 10.8. The summed E-state index contributed by atoms with van der Waals surface area (Å²) in [5, 5.41) is 54.4. The van der Waals surface area contributed by atoms with Crippen molar-refractivity contribution in [3.8, 4) is 0 Å². The van der Waals surface area contributed by atoms with Crippen LogP contribution in [0.5, 0.6) is 0 Å². The van der Waals surface area contributed by atoms with Gasteiger partial charge in [0.15, 0.2) is 0 Å². The minimum absolute atomic E-state index is 0. The number of carboxylic acid groups (broad SMARTS) is 6. The zero-order chi connectivity index (χ0) is 42.2. The molecule has 22 heteroatoms. The number of carbonyl (C=O) groups is 10. The van der Waals surface area contributed by atoms with Crippen molar-refractivity contribution in [1.29, 1.82) is 0 Å². The van der Waals surface area contributed by atoms with Crippen molar-refractivity contribution in [3.63, 3.8) is 0 Å². The molecule has 0 spiro atoms. The van der Waals surface area contributed by atoms with E-state index in [1.807, 2.05) is 27.7 Å². The summed E-state index contributed by atoms with van der Waals surface area (Å²) in [6, 6.07) is -2.58. The molecule has 10 N–H and O–H groups in total. The number of carbonyl (C=O) groups excluding carboxylic acids is 6. The van der Waals surface area contributed by atoms with E-state index in [-0.39, 0.29) is 77.3 Å². The van der Waals surface area contributed by atoms with E-state index in [1.165, 1.54) is 32.8 Å². The van der Waals surface area contributed by atoms with Gasteiger partial charge in [0, 0.05) is 63.1 Å². The second-order valence-corrected chi connectivity index (χ2v) is 9.89. The van der Waals surface area contributed by atoms with E-state index >= 15 is 0 Å². The minimum Gasteiger partial charge on any atom is -0.870 e. The van der Waals surface area contributed by atoms with Crippen LogP contribution in [-0.4, -0.2) is 116 Å². The second-order valence-electron chi connectivity index (χ2n) is 9.89. The van der Waals surface area contributed by atoms with Crippen molar-refractivity contribution in [1.82, 2.24) is 10.2 Å². The van der Waals surface area contributed by atoms with Crippen molar-refractivity contribution in [2.24, 2.45) is 29.2 Å². The summed E-state index contributed by atoms with van der Waals surface area (Å²) in [6.07, 6.45) is -0.407. The molecule has 0 saturated carbocycles. The van der Waals surface area contributed by atoms with Gasteiger partial charge in [-0.25, -0.2) is 0 Å². The number of rotatable bonds is 13. The maximum absolute atomic E-state index is 10.8. The molecule has 5 unspecified atom stereocenters. The molecule has 0 radical (unpaired) electrons. The van der Waals surface area contributed by atoms with Gasteiger partial charge in [-0.15, -0.1) is 0 Å². The molecule has 1 fully saturated rings. The molecule has 1 aliphatic rings. The van der Waals surface area contributed by atoms with Crippen LogP contribution in [0.1, 0.15) is 93.9 Å². The van der Waals surface area contributed by atoms with Gasteiger partial charge < -0.3 is 62.5 Å². The summed E-state index contributed by atoms with van der Waals surface area (Å²) in [4.78, 5) is 103. The molecule has 1 heterocycles. The third-order valence-corrected chi connectivity index (χ3v) is 5.53. The van der Waals surface area contributed by atoms with Crippen molar-refractivity contribution < 1.29 is 114 Å². The monoisotopic (exact) mass is 780 g/mol. The number of Topliss-reactive ketones (excluding diaryl/α,β-unsaturated/α-hetero) is 1. The van der Waals surface area contributed by atoms with Crippen molar-refractivity contribution in [2.45, 2.75) is 106 Å². The number of nitrogens with zero attached hydrogens (tertiary/aromatic N) is 1. The van der Waals surface area contributed by atoms with Crippen LogP contribution in [0.3, 0.4) is 0 Å². The van der Waals surface area contributed by atoms with Crippen LogP contribution >= 0.6 is 0 Å². The standard InChI is InChI=1S/C7H12O3.C6H11NO3.C6H9NO2.2C4H7NO4.2C2H6.Na.H2O/c1-3-6(8)4-5(2)7(9)10;1-4(3-5(8)9)6(10)7-2;1-4-3-5(8)7(2)6(4)9;2*5-2(4(8)9)1-3(6)7;2*1-2;;/h5H,3-4H2,1-2H3,(H,9,10);4H,3H2,1-2H3,(H,7,10)(H,8,9);4H,3H2,1-2H3;2*2H,1,5H2,(H,6,7)(H,8,9);2*1-2H3;;1H2/q;;;;;;;+1;/p-3. The Kier molecular flexibility index (Phi) is 51.6. The molecule has 0 bridgehead atoms. The molecule has 53 heavy (non-hydrogen) atoms. The van der Waals surface area contributed by atoms with Crippen molar-refractivity contribution in [2.75, 3.05) is 14.1 Å². The fraction of sp³-hybridized carbons (Fsp3) is 0.677. The molecule has 0 aromatic heterocycles. The minimum atomic E-state index is -1.29. The van der Waals surface area contributed by atoms with Gasteiger partial charge in [0.2, 0.25) is 17.7 Å². The topological polar surface area (TPSA) is 395 Å². The number of hydrogen-bond donors (Lipinski definition) is 7. The Hall–Kier alpha value is -4.02. The van der Waals surface area contributed by atoms with Gasteiger partial charge >= 0.3 is 53.4 Å². The number of imide groups is 1. The molecule has 306 valence electrons. The predicted octanol–water partition coefficient (Wildman–Crippen LogP) is -5.11. The quantitative estimate of drug-likeness (QED) is 0.0678. The Morgan fingerprint density at radius 2 is 1.15 bits per heavy atom. The first-order chi connectivity index (χ1) is 23.3. The summed E-state index contributed by atoms with van der Waals surface area (Å²) >= 11 is 0. The number of nitrogens with one attached hydrogen (secondary N) is 1. The first-order valence-corrected chi connectivity index (χ1v) is 15.7. The molecule has 0 aromatic rings. The number of aliphatic carboxylic acids is 6. The zero-order valence-electron chi connectivity index (χ0n) is 32.4. The van der Waals surface area contributed by atoms with Gasteiger partial charge in [-0.05, 0) is 6.42 Å². The van der Waals surface area contributed by atoms with Gasteiger partial charge in [0.25, 0.3) is 0 Å². The summed E-state index contributed by atoms with van der Waals surface area (Å²) in [6.45, 7) is 14.5. The number of ketones is 1. The molecule has 5 atom stereocenters. The molecule has 0 aliphatic carbocycles. The fourth-order valence-electron chi connectivity index (χ4n) is 2.65. The van der Waals surface area contributed by atoms with Crippen LogP contribution in [0.2, 0.25) is 0 Å². The van der Waals surface area contributed by atoms with Crippen molar-refractivity contribution >= 4 is 59.3 Å². The van der Waals surface area contributed by atoms with E-state index in [4.69, 9.17) is 31.9 Å². The van der Waals surface area contributed by atoms with Gasteiger partial charge in [-0.3, -0.25) is 43.3 Å². The number of nitrogens with two attached hydrogens (primary N) is 2. The molecular formula is C31H57N4NaO17-2. The van der Waals surface area contributed by atoms with Crippen molar-refractivity contribution in [3.05, 3.63) is 0 Å². The Labute approximate surface area is 331 Å². The van der Waals surface area contributed by atoms with Gasteiger partial charge in [0.1, 0.15) is 17.9 Å². The van der Waals surface area contributed by atoms with E-state index in [0.717, 1.165) is 0 Å². The van der Waals surface area contributed by atoms with Gasteiger partial charge in [-0.1, -0.05) is 55.4 Å². The third kappa shape index (κ3) is 44.1. The largest absolute Gasteiger partial charge is 1.00 e. The number of carboxylic acids is 6. The van der Waals surface area contributed by atoms with Crippen LogP contribution < -0.4 is 56.6 Å². The Bertz CT molecular complexity index is 1090. The average Bonchev–Trinajstić information content (AvgIpc) is 3.27. The molecule has 3 amide bonds. The van der Waals surface area contributed by atoms with Gasteiger partial charge in [0.05, 0.1) is 12.8 Å². The van der Waals surface area contributed by atoms with Crippen LogP contribution in [0.25, 0.3) is 0 Å². The smallest absolute Gasteiger partial charge is 0.870 e. The van der Waals surface area contributed by atoms with Crippen LogP contribution in [0.4, 0.5) is 0 Å². The van der Waals surface area contributed by atoms with Crippen LogP contribution in [0.15, 0.2) is 0 Å². The van der Waals surface area contributed by atoms with Gasteiger partial charge in [-0.2, -0.15) is 0 Å². The van der Waals surface area contributed by atoms with Crippen LogP contribution in [0, 0.1) is 17.8 Å². The summed E-state index contributed by atoms with van der Waals surface area (Å²) in [5.74, 6) is -9.01. The van der Waals surface area contributed by atoms with E-state index in [1.54, 1.807) is 13.8 Å². The van der Waals surface area contributed by atoms with E-state index in [9.17, 15) is 58.2 Å². The molecular weight excluding hydrogens is 723 g/mol. The average molecular weight is 781 g/mol. The predicted molar refractivity (Wildman–Crippen MR) is 179 cm³/mol. The normalized spacial score (nSPS) is 13.9. The Morgan fingerprint density at radius 3 is 1.30 bits per heavy atom.